The second kappa shape index (κ2) is 11.3. The lowest BCUT2D eigenvalue weighted by atomic mass is 9.83. The maximum atomic E-state index is 13.2. The van der Waals surface area contributed by atoms with Crippen LogP contribution in [-0.2, 0) is 17.8 Å². The van der Waals surface area contributed by atoms with Gasteiger partial charge in [-0.05, 0) is 59.2 Å². The van der Waals surface area contributed by atoms with Crippen molar-refractivity contribution in [3.05, 3.63) is 136 Å². The van der Waals surface area contributed by atoms with Crippen LogP contribution in [0, 0.1) is 17.1 Å². The number of hydrogen-bond donors (Lipinski definition) is 1. The summed E-state index contributed by atoms with van der Waals surface area (Å²) in [5.74, 6) is -0.0663. The molecule has 8 heteroatoms. The van der Waals surface area contributed by atoms with Crippen LogP contribution < -0.4 is 19.9 Å². The third-order valence-corrected chi connectivity index (χ3v) is 6.45. The van der Waals surface area contributed by atoms with E-state index in [0.717, 1.165) is 16.7 Å². The van der Waals surface area contributed by atoms with Gasteiger partial charge >= 0.3 is 5.97 Å². The molecule has 1 unspecified atom stereocenters. The topological polar surface area (TPSA) is 94.6 Å². The molecule has 0 amide bonds. The number of nitrogens with two attached hydrogens (primary N) is 1. The summed E-state index contributed by atoms with van der Waals surface area (Å²) >= 11 is 5.91. The lowest BCUT2D eigenvalue weighted by Gasteiger charge is -2.27. The molecule has 1 atom stereocenters. The molecule has 0 saturated carbocycles. The summed E-state index contributed by atoms with van der Waals surface area (Å²) in [5.41, 5.74) is 9.44. The van der Waals surface area contributed by atoms with E-state index >= 15 is 0 Å². The zero-order chi connectivity index (χ0) is 27.4. The number of nitriles is 1. The van der Waals surface area contributed by atoms with Crippen LogP contribution in [0.15, 0.2) is 102 Å². The number of hydrogen-bond acceptors (Lipinski definition) is 6. The fourth-order valence-corrected chi connectivity index (χ4v) is 4.44. The Kier molecular flexibility index (Phi) is 7.48. The molecule has 6 nitrogen and oxygen atoms in total. The standard InChI is InChI=1S/C31H22ClFN2O4/c32-22-8-4-19(5-9-22)14-29(36)38-25-12-13-26-28(16-25)39-31(35)27(17-34)30(26)21-2-1-3-24(15-21)37-18-20-6-10-23(33)11-7-20/h1-13,15-16,30H,14,18,35H2. The molecule has 1 aliphatic heterocycles. The first-order valence-corrected chi connectivity index (χ1v) is 12.4. The van der Waals surface area contributed by atoms with Crippen LogP contribution in [0.25, 0.3) is 0 Å². The van der Waals surface area contributed by atoms with Crippen LogP contribution in [-0.4, -0.2) is 5.97 Å². The highest BCUT2D eigenvalue weighted by Crippen LogP contribution is 2.44. The van der Waals surface area contributed by atoms with Crippen molar-refractivity contribution >= 4 is 17.6 Å². The van der Waals surface area contributed by atoms with E-state index in [-0.39, 0.29) is 36.1 Å². The predicted octanol–water partition coefficient (Wildman–Crippen LogP) is 6.42. The number of esters is 1. The number of fused-ring (bicyclic) bond motifs is 1. The highest BCUT2D eigenvalue weighted by atomic mass is 35.5. The average Bonchev–Trinajstić information content (AvgIpc) is 2.93. The van der Waals surface area contributed by atoms with Gasteiger partial charge < -0.3 is 19.9 Å². The van der Waals surface area contributed by atoms with Gasteiger partial charge in [-0.3, -0.25) is 4.79 Å². The number of halogens is 2. The van der Waals surface area contributed by atoms with Gasteiger partial charge in [0.15, 0.2) is 0 Å². The van der Waals surface area contributed by atoms with Crippen molar-refractivity contribution in [3.63, 3.8) is 0 Å². The Labute approximate surface area is 229 Å². The van der Waals surface area contributed by atoms with E-state index in [1.807, 2.05) is 18.2 Å². The first-order valence-electron chi connectivity index (χ1n) is 12.0. The summed E-state index contributed by atoms with van der Waals surface area (Å²) in [6.07, 6.45) is 0.0725. The molecule has 4 aromatic carbocycles. The second-order valence-electron chi connectivity index (χ2n) is 8.89. The molecule has 2 N–H and O–H groups in total. The monoisotopic (exact) mass is 540 g/mol. The van der Waals surface area contributed by atoms with Crippen LogP contribution in [0.3, 0.4) is 0 Å². The van der Waals surface area contributed by atoms with Crippen molar-refractivity contribution in [2.24, 2.45) is 5.73 Å². The van der Waals surface area contributed by atoms with Crippen molar-refractivity contribution < 1.29 is 23.4 Å². The first kappa shape index (κ1) is 25.8. The van der Waals surface area contributed by atoms with Crippen molar-refractivity contribution in [2.75, 3.05) is 0 Å². The third kappa shape index (κ3) is 6.03. The molecule has 1 aliphatic rings. The second-order valence-corrected chi connectivity index (χ2v) is 9.33. The molecule has 4 aromatic rings. The Morgan fingerprint density at radius 3 is 2.46 bits per heavy atom. The molecule has 0 saturated heterocycles. The van der Waals surface area contributed by atoms with E-state index in [1.165, 1.54) is 12.1 Å². The maximum absolute atomic E-state index is 13.2. The van der Waals surface area contributed by atoms with Gasteiger partial charge in [0.05, 0.1) is 12.3 Å². The molecule has 0 aromatic heterocycles. The fraction of sp³-hybridized carbons (Fsp3) is 0.0968. The molecule has 0 radical (unpaired) electrons. The molecule has 5 rings (SSSR count). The molecular formula is C31H22ClFN2O4. The number of carbonyl (C=O) groups is 1. The quantitative estimate of drug-likeness (QED) is 0.214. The third-order valence-electron chi connectivity index (χ3n) is 6.19. The SMILES string of the molecule is N#CC1=C(N)Oc2cc(OC(=O)Cc3ccc(Cl)cc3)ccc2C1c1cccc(OCc2ccc(F)cc2)c1. The van der Waals surface area contributed by atoms with Gasteiger partial charge in [-0.15, -0.1) is 0 Å². The van der Waals surface area contributed by atoms with E-state index in [4.69, 9.17) is 31.5 Å². The van der Waals surface area contributed by atoms with Crippen molar-refractivity contribution in [2.45, 2.75) is 18.9 Å². The van der Waals surface area contributed by atoms with Crippen LogP contribution >= 0.6 is 11.6 Å². The van der Waals surface area contributed by atoms with Gasteiger partial charge in [-0.2, -0.15) is 5.26 Å². The van der Waals surface area contributed by atoms with Crippen LogP contribution in [0.2, 0.25) is 5.02 Å². The van der Waals surface area contributed by atoms with Crippen molar-refractivity contribution in [1.29, 1.82) is 5.26 Å². The number of rotatable bonds is 7. The Bertz CT molecular complexity index is 1590. The van der Waals surface area contributed by atoms with Gasteiger partial charge in [0.1, 0.15) is 41.3 Å². The van der Waals surface area contributed by atoms with Gasteiger partial charge in [0, 0.05) is 16.7 Å². The minimum atomic E-state index is -0.521. The van der Waals surface area contributed by atoms with Gasteiger partial charge in [0.2, 0.25) is 5.88 Å². The van der Waals surface area contributed by atoms with Crippen molar-refractivity contribution in [1.82, 2.24) is 0 Å². The highest BCUT2D eigenvalue weighted by Gasteiger charge is 2.31. The molecule has 39 heavy (non-hydrogen) atoms. The molecule has 194 valence electrons. The average molecular weight is 541 g/mol. The lowest BCUT2D eigenvalue weighted by Crippen LogP contribution is -2.21. The Morgan fingerprint density at radius 2 is 1.72 bits per heavy atom. The summed E-state index contributed by atoms with van der Waals surface area (Å²) in [6.45, 7) is 0.252. The van der Waals surface area contributed by atoms with Crippen LogP contribution in [0.5, 0.6) is 17.2 Å². The molecule has 0 aliphatic carbocycles. The number of allylic oxidation sites excluding steroid dienone is 1. The normalized spacial score (nSPS) is 14.1. The molecule has 0 spiro atoms. The fourth-order valence-electron chi connectivity index (χ4n) is 4.31. The zero-order valence-electron chi connectivity index (χ0n) is 20.6. The predicted molar refractivity (Wildman–Crippen MR) is 144 cm³/mol. The summed E-state index contributed by atoms with van der Waals surface area (Å²) in [4.78, 5) is 12.5. The minimum Gasteiger partial charge on any atom is -0.489 e. The summed E-state index contributed by atoms with van der Waals surface area (Å²) in [6, 6.07) is 27.5. The number of nitrogens with zero attached hydrogens (tertiary/aromatic N) is 1. The van der Waals surface area contributed by atoms with E-state index in [0.29, 0.717) is 22.1 Å². The number of carbonyl (C=O) groups excluding carboxylic acids is 1. The number of ether oxygens (including phenoxy) is 3. The van der Waals surface area contributed by atoms with E-state index in [1.54, 1.807) is 60.7 Å². The lowest BCUT2D eigenvalue weighted by molar-refractivity contribution is -0.133. The van der Waals surface area contributed by atoms with Gasteiger partial charge in [-0.25, -0.2) is 4.39 Å². The first-order chi connectivity index (χ1) is 18.9. The molecule has 0 bridgehead atoms. The molecular weight excluding hydrogens is 519 g/mol. The molecule has 0 fully saturated rings. The maximum Gasteiger partial charge on any atom is 0.315 e. The van der Waals surface area contributed by atoms with Crippen LogP contribution in [0.4, 0.5) is 4.39 Å². The smallest absolute Gasteiger partial charge is 0.315 e. The van der Waals surface area contributed by atoms with Gasteiger partial charge in [-0.1, -0.05) is 54.1 Å². The highest BCUT2D eigenvalue weighted by molar-refractivity contribution is 6.30. The number of benzene rings is 4. The Morgan fingerprint density at radius 1 is 0.974 bits per heavy atom. The zero-order valence-corrected chi connectivity index (χ0v) is 21.3. The summed E-state index contributed by atoms with van der Waals surface area (Å²) in [5, 5.41) is 10.5. The molecule has 1 heterocycles. The van der Waals surface area contributed by atoms with Crippen LogP contribution in [0.1, 0.15) is 28.2 Å². The Balaban J connectivity index is 1.37. The largest absolute Gasteiger partial charge is 0.489 e. The van der Waals surface area contributed by atoms with E-state index in [2.05, 4.69) is 6.07 Å². The summed E-state index contributed by atoms with van der Waals surface area (Å²) in [7, 11) is 0. The van der Waals surface area contributed by atoms with E-state index in [9.17, 15) is 14.4 Å². The summed E-state index contributed by atoms with van der Waals surface area (Å²) < 4.78 is 30.4. The van der Waals surface area contributed by atoms with Gasteiger partial charge in [0.25, 0.3) is 0 Å². The Hall–Kier alpha value is -4.80. The minimum absolute atomic E-state index is 0.0303. The van der Waals surface area contributed by atoms with E-state index < -0.39 is 11.9 Å². The van der Waals surface area contributed by atoms with Crippen molar-refractivity contribution in [3.8, 4) is 23.3 Å².